The number of carbonyl (C=O) groups is 2. The Kier molecular flexibility index (Phi) is 32.1. The highest BCUT2D eigenvalue weighted by atomic mass is 16.1. The molecule has 0 spiro atoms. The van der Waals surface area contributed by atoms with Crippen LogP contribution < -0.4 is 0 Å². The summed E-state index contributed by atoms with van der Waals surface area (Å²) in [4.78, 5) is 20.2. The van der Waals surface area contributed by atoms with Gasteiger partial charge in [0.15, 0.2) is 0 Å². The molecule has 0 aromatic heterocycles. The van der Waals surface area contributed by atoms with Crippen LogP contribution >= 0.6 is 0 Å². The summed E-state index contributed by atoms with van der Waals surface area (Å²) in [5, 5.41) is 0. The minimum absolute atomic E-state index is 0.750. The molecule has 0 atom stereocenters. The fourth-order valence-corrected chi connectivity index (χ4v) is 0.0786. The van der Waals surface area contributed by atoms with Crippen LogP contribution in [0.4, 0.5) is 0 Å². The summed E-state index contributed by atoms with van der Waals surface area (Å²) in [6, 6.07) is 0. The van der Waals surface area contributed by atoms with Gasteiger partial charge in [-0.3, -0.25) is 9.59 Å². The predicted molar refractivity (Wildman–Crippen MR) is 52.0 cm³/mol. The first-order valence-corrected chi connectivity index (χ1v) is 3.87. The summed E-state index contributed by atoms with van der Waals surface area (Å²) in [5.74, 6) is 0. The van der Waals surface area contributed by atoms with Crippen LogP contribution in [0.2, 0.25) is 0 Å². The number of nitrogens with zero attached hydrogens (tertiary/aromatic N) is 1. The van der Waals surface area contributed by atoms with Crippen molar-refractivity contribution >= 4 is 12.7 Å². The van der Waals surface area contributed by atoms with E-state index in [-0.39, 0.29) is 0 Å². The van der Waals surface area contributed by atoms with Gasteiger partial charge in [0.25, 0.3) is 0 Å². The highest BCUT2D eigenvalue weighted by molar-refractivity contribution is 5.64. The molecule has 0 aromatic rings. The molecule has 0 aliphatic carbocycles. The Balaban J connectivity index is -0.000000112. The summed E-state index contributed by atoms with van der Waals surface area (Å²) < 4.78 is 0. The van der Waals surface area contributed by atoms with Gasteiger partial charge in [-0.2, -0.15) is 0 Å². The van der Waals surface area contributed by atoms with Crippen molar-refractivity contribution in [2.75, 3.05) is 14.1 Å². The normalized spacial score (nSPS) is 7.08. The van der Waals surface area contributed by atoms with Gasteiger partial charge in [-0.25, -0.2) is 0 Å². The van der Waals surface area contributed by atoms with Crippen LogP contribution in [0.25, 0.3) is 0 Å². The Hall–Kier alpha value is -1.12. The van der Waals surface area contributed by atoms with Gasteiger partial charge in [0, 0.05) is 14.1 Å². The molecule has 0 bridgehead atoms. The second kappa shape index (κ2) is 22.5. The average Bonchev–Trinajstić information content (AvgIpc) is 2.10. The van der Waals surface area contributed by atoms with Crippen LogP contribution in [-0.2, 0) is 9.59 Å². The first kappa shape index (κ1) is 17.1. The lowest BCUT2D eigenvalue weighted by Crippen LogP contribution is -2.06. The number of amides is 1. The van der Waals surface area contributed by atoms with Gasteiger partial charge in [-0.15, -0.1) is 0 Å². The smallest absolute Gasteiger partial charge is 0.209 e. The predicted octanol–water partition coefficient (Wildman–Crippen LogP) is 1.49. The summed E-state index contributed by atoms with van der Waals surface area (Å²) in [6.45, 7) is 5.80. The SMILES string of the molecule is C/C=C\C=O.CC.CN(C)C=O. The van der Waals surface area contributed by atoms with Crippen LogP contribution in [0.1, 0.15) is 20.8 Å². The molecule has 0 aromatic carbocycles. The van der Waals surface area contributed by atoms with Crippen molar-refractivity contribution in [1.82, 2.24) is 4.90 Å². The van der Waals surface area contributed by atoms with E-state index in [1.807, 2.05) is 13.8 Å². The maximum Gasteiger partial charge on any atom is 0.209 e. The molecular weight excluding hydrogens is 154 g/mol. The van der Waals surface area contributed by atoms with Gasteiger partial charge in [-0.05, 0) is 13.0 Å². The number of hydrogen-bond acceptors (Lipinski definition) is 2. The van der Waals surface area contributed by atoms with Crippen LogP contribution in [0.3, 0.4) is 0 Å². The van der Waals surface area contributed by atoms with E-state index in [1.165, 1.54) is 11.0 Å². The Morgan fingerprint density at radius 3 is 1.42 bits per heavy atom. The third-order valence-corrected chi connectivity index (χ3v) is 0.482. The molecule has 0 saturated carbocycles. The molecule has 0 aliphatic heterocycles. The third kappa shape index (κ3) is 66.5. The molecular formula is C9H19NO2. The quantitative estimate of drug-likeness (QED) is 0.468. The Labute approximate surface area is 75.1 Å². The van der Waals surface area contributed by atoms with Gasteiger partial charge >= 0.3 is 0 Å². The van der Waals surface area contributed by atoms with E-state index in [9.17, 15) is 9.59 Å². The third-order valence-electron chi connectivity index (χ3n) is 0.482. The van der Waals surface area contributed by atoms with Crippen LogP contribution in [0.15, 0.2) is 12.2 Å². The topological polar surface area (TPSA) is 37.4 Å². The summed E-state index contributed by atoms with van der Waals surface area (Å²) in [6.07, 6.45) is 4.63. The standard InChI is InChI=1S/C4H6O.C3H7NO.C2H6/c1-2-3-4-5;1-4(2)3-5;1-2/h2-4H,1H3;3H,1-2H3;1-2H3/b3-2-;;. The largest absolute Gasteiger partial charge is 0.351 e. The lowest BCUT2D eigenvalue weighted by atomic mass is 10.6. The Bertz CT molecular complexity index is 109. The summed E-state index contributed by atoms with van der Waals surface area (Å²) in [5.41, 5.74) is 0. The monoisotopic (exact) mass is 173 g/mol. The van der Waals surface area contributed by atoms with E-state index in [0.29, 0.717) is 0 Å². The summed E-state index contributed by atoms with van der Waals surface area (Å²) in [7, 11) is 3.38. The minimum atomic E-state index is 0.750. The zero-order valence-electron chi connectivity index (χ0n) is 8.57. The Morgan fingerprint density at radius 2 is 1.42 bits per heavy atom. The second-order valence-electron chi connectivity index (χ2n) is 1.73. The molecule has 72 valence electrons. The van der Waals surface area contributed by atoms with E-state index >= 15 is 0 Å². The van der Waals surface area contributed by atoms with Crippen LogP contribution in [0, 0.1) is 0 Å². The van der Waals surface area contributed by atoms with Gasteiger partial charge in [0.2, 0.25) is 6.41 Å². The molecule has 0 unspecified atom stereocenters. The molecule has 0 radical (unpaired) electrons. The molecule has 0 fully saturated rings. The van der Waals surface area contributed by atoms with E-state index in [4.69, 9.17) is 0 Å². The molecule has 0 N–H and O–H groups in total. The zero-order valence-corrected chi connectivity index (χ0v) is 8.57. The van der Waals surface area contributed by atoms with Crippen molar-refractivity contribution in [3.8, 4) is 0 Å². The second-order valence-corrected chi connectivity index (χ2v) is 1.73. The average molecular weight is 173 g/mol. The van der Waals surface area contributed by atoms with Crippen molar-refractivity contribution < 1.29 is 9.59 Å². The first-order valence-electron chi connectivity index (χ1n) is 3.87. The fourth-order valence-electron chi connectivity index (χ4n) is 0.0786. The molecule has 3 heteroatoms. The molecule has 12 heavy (non-hydrogen) atoms. The van der Waals surface area contributed by atoms with E-state index in [0.717, 1.165) is 12.7 Å². The molecule has 0 rings (SSSR count). The van der Waals surface area contributed by atoms with Gasteiger partial charge in [-0.1, -0.05) is 19.9 Å². The lowest BCUT2D eigenvalue weighted by molar-refractivity contribution is -0.115. The molecule has 0 aliphatic rings. The Morgan fingerprint density at radius 1 is 1.08 bits per heavy atom. The maximum atomic E-state index is 9.43. The van der Waals surface area contributed by atoms with E-state index in [1.54, 1.807) is 27.1 Å². The number of aldehydes is 1. The maximum absolute atomic E-state index is 9.43. The molecule has 1 amide bonds. The molecule has 0 heterocycles. The van der Waals surface area contributed by atoms with Crippen LogP contribution in [-0.4, -0.2) is 31.7 Å². The number of carbonyl (C=O) groups excluding carboxylic acids is 2. The van der Waals surface area contributed by atoms with Gasteiger partial charge in [0.1, 0.15) is 6.29 Å². The van der Waals surface area contributed by atoms with Crippen LogP contribution in [0.5, 0.6) is 0 Å². The fraction of sp³-hybridized carbons (Fsp3) is 0.556. The zero-order chi connectivity index (χ0) is 10.4. The van der Waals surface area contributed by atoms with E-state index in [2.05, 4.69) is 0 Å². The number of allylic oxidation sites excluding steroid dienone is 2. The van der Waals surface area contributed by atoms with Crippen molar-refractivity contribution in [3.63, 3.8) is 0 Å². The number of rotatable bonds is 2. The highest BCUT2D eigenvalue weighted by Gasteiger charge is 1.68. The molecule has 0 saturated heterocycles. The highest BCUT2D eigenvalue weighted by Crippen LogP contribution is 1.55. The minimum Gasteiger partial charge on any atom is -0.351 e. The lowest BCUT2D eigenvalue weighted by Gasteiger charge is -1.93. The number of hydrogen-bond donors (Lipinski definition) is 0. The van der Waals surface area contributed by atoms with Crippen molar-refractivity contribution in [2.24, 2.45) is 0 Å². The van der Waals surface area contributed by atoms with Crippen molar-refractivity contribution in [1.29, 1.82) is 0 Å². The van der Waals surface area contributed by atoms with Gasteiger partial charge < -0.3 is 4.90 Å². The van der Waals surface area contributed by atoms with Gasteiger partial charge in [0.05, 0.1) is 0 Å². The van der Waals surface area contributed by atoms with Crippen molar-refractivity contribution in [2.45, 2.75) is 20.8 Å². The first-order chi connectivity index (χ1) is 5.68. The van der Waals surface area contributed by atoms with E-state index < -0.39 is 0 Å². The van der Waals surface area contributed by atoms with Crippen molar-refractivity contribution in [3.05, 3.63) is 12.2 Å². The summed E-state index contributed by atoms with van der Waals surface area (Å²) >= 11 is 0. The molecule has 3 nitrogen and oxygen atoms in total.